The molecule has 1 aromatic rings. The molecule has 1 nitrogen and oxygen atoms in total. The number of alkyl halides is 6. The molecular weight excluding hydrogens is 292 g/mol. The van der Waals surface area contributed by atoms with E-state index in [9.17, 15) is 26.3 Å². The van der Waals surface area contributed by atoms with E-state index in [1.165, 1.54) is 0 Å². The van der Waals surface area contributed by atoms with Crippen LogP contribution in [0.5, 0.6) is 0 Å². The molecule has 0 fully saturated rings. The van der Waals surface area contributed by atoms with E-state index in [1.54, 1.807) is 0 Å². The van der Waals surface area contributed by atoms with Crippen molar-refractivity contribution in [2.24, 2.45) is 0 Å². The number of fused-ring (bicyclic) bond motifs is 1. The molecule has 0 radical (unpaired) electrons. The smallest absolute Gasteiger partial charge is 0.252 e. The van der Waals surface area contributed by atoms with Gasteiger partial charge in [0.2, 0.25) is 0 Å². The van der Waals surface area contributed by atoms with Gasteiger partial charge in [0.15, 0.2) is 0 Å². The van der Waals surface area contributed by atoms with Crippen molar-refractivity contribution in [3.8, 4) is 0 Å². The van der Waals surface area contributed by atoms with Gasteiger partial charge in [-0.1, -0.05) is 11.6 Å². The van der Waals surface area contributed by atoms with Crippen LogP contribution in [0.1, 0.15) is 17.7 Å². The van der Waals surface area contributed by atoms with Crippen LogP contribution in [0.15, 0.2) is 11.1 Å². The molecule has 0 unspecified atom stereocenters. The standard InChI is InChI=1S/C8H2ClF6NS/c9-2-1-16-5-4(3(2)6(10)11)17-8(14,15)7(5,12)13/h1,6H. The average Bonchev–Trinajstić information content (AvgIpc) is 2.32. The maximum atomic E-state index is 13.2. The van der Waals surface area contributed by atoms with Gasteiger partial charge in [-0.2, -0.15) is 17.6 Å². The first kappa shape index (κ1) is 12.8. The Kier molecular flexibility index (Phi) is 2.77. The third kappa shape index (κ3) is 1.69. The molecule has 94 valence electrons. The minimum atomic E-state index is -4.58. The fourth-order valence-electron chi connectivity index (χ4n) is 1.35. The van der Waals surface area contributed by atoms with Gasteiger partial charge in [-0.05, 0) is 11.8 Å². The second-order valence-corrected chi connectivity index (χ2v) is 4.72. The lowest BCUT2D eigenvalue weighted by atomic mass is 10.1. The van der Waals surface area contributed by atoms with Crippen LogP contribution in [0.25, 0.3) is 0 Å². The summed E-state index contributed by atoms with van der Waals surface area (Å²) in [4.78, 5) is 2.09. The highest BCUT2D eigenvalue weighted by Gasteiger charge is 2.66. The van der Waals surface area contributed by atoms with Gasteiger partial charge in [-0.25, -0.2) is 8.78 Å². The van der Waals surface area contributed by atoms with Crippen LogP contribution < -0.4 is 0 Å². The topological polar surface area (TPSA) is 12.9 Å². The molecule has 1 aromatic heterocycles. The fraction of sp³-hybridized carbons (Fsp3) is 0.375. The first-order chi connectivity index (χ1) is 7.68. The van der Waals surface area contributed by atoms with Gasteiger partial charge in [0.1, 0.15) is 5.69 Å². The summed E-state index contributed by atoms with van der Waals surface area (Å²) in [5, 5.41) is -5.11. The Balaban J connectivity index is 2.70. The summed E-state index contributed by atoms with van der Waals surface area (Å²) < 4.78 is 77.4. The van der Waals surface area contributed by atoms with Gasteiger partial charge in [-0.15, -0.1) is 0 Å². The van der Waals surface area contributed by atoms with E-state index >= 15 is 0 Å². The molecule has 0 spiro atoms. The average molecular weight is 294 g/mol. The van der Waals surface area contributed by atoms with Gasteiger partial charge in [-0.3, -0.25) is 4.98 Å². The van der Waals surface area contributed by atoms with Crippen LogP contribution in [0.4, 0.5) is 26.3 Å². The molecule has 9 heteroatoms. The van der Waals surface area contributed by atoms with E-state index in [0.717, 1.165) is 0 Å². The third-order valence-corrected chi connectivity index (χ3v) is 3.57. The SMILES string of the molecule is FC(F)c1c(Cl)cnc2c1SC(F)(F)C2(F)F. The lowest BCUT2D eigenvalue weighted by Crippen LogP contribution is -2.30. The van der Waals surface area contributed by atoms with Crippen molar-refractivity contribution in [3.05, 3.63) is 22.5 Å². The van der Waals surface area contributed by atoms with Crippen molar-refractivity contribution in [3.63, 3.8) is 0 Å². The monoisotopic (exact) mass is 293 g/mol. The molecule has 0 amide bonds. The molecule has 2 heterocycles. The number of pyridine rings is 1. The van der Waals surface area contributed by atoms with Gasteiger partial charge < -0.3 is 0 Å². The zero-order valence-electron chi connectivity index (χ0n) is 7.66. The zero-order valence-corrected chi connectivity index (χ0v) is 9.23. The van der Waals surface area contributed by atoms with Gasteiger partial charge in [0.05, 0.1) is 15.5 Å². The van der Waals surface area contributed by atoms with Crippen molar-refractivity contribution >= 4 is 23.4 Å². The van der Waals surface area contributed by atoms with Crippen LogP contribution in [-0.4, -0.2) is 10.2 Å². The highest BCUT2D eigenvalue weighted by molar-refractivity contribution is 8.00. The molecule has 0 N–H and O–H groups in total. The number of hydrogen-bond acceptors (Lipinski definition) is 2. The van der Waals surface area contributed by atoms with E-state index in [1.807, 2.05) is 0 Å². The lowest BCUT2D eigenvalue weighted by molar-refractivity contribution is -0.157. The number of hydrogen-bond donors (Lipinski definition) is 0. The molecule has 2 rings (SSSR count). The molecule has 1 aliphatic heterocycles. The van der Waals surface area contributed by atoms with Crippen molar-refractivity contribution < 1.29 is 26.3 Å². The molecule has 0 bridgehead atoms. The van der Waals surface area contributed by atoms with Crippen LogP contribution in [-0.2, 0) is 5.92 Å². The van der Waals surface area contributed by atoms with Gasteiger partial charge in [0, 0.05) is 6.20 Å². The normalized spacial score (nSPS) is 20.7. The van der Waals surface area contributed by atoms with E-state index in [4.69, 9.17) is 11.6 Å². The molecule has 1 aliphatic rings. The highest BCUT2D eigenvalue weighted by Crippen LogP contribution is 2.61. The van der Waals surface area contributed by atoms with E-state index < -0.39 is 50.5 Å². The maximum absolute atomic E-state index is 13.2. The Morgan fingerprint density at radius 3 is 2.35 bits per heavy atom. The second kappa shape index (κ2) is 3.68. The number of halogens is 7. The van der Waals surface area contributed by atoms with Crippen molar-refractivity contribution in [2.45, 2.75) is 22.5 Å². The van der Waals surface area contributed by atoms with Crippen molar-refractivity contribution in [1.82, 2.24) is 4.98 Å². The molecular formula is C8H2ClF6NS. The summed E-state index contributed by atoms with van der Waals surface area (Å²) in [5.74, 6) is -4.58. The summed E-state index contributed by atoms with van der Waals surface area (Å²) in [6.07, 6.45) is -2.70. The summed E-state index contributed by atoms with van der Waals surface area (Å²) in [7, 11) is 0. The van der Waals surface area contributed by atoms with Gasteiger partial charge in [0.25, 0.3) is 6.43 Å². The van der Waals surface area contributed by atoms with Crippen molar-refractivity contribution in [1.29, 1.82) is 0 Å². The van der Waals surface area contributed by atoms with E-state index in [2.05, 4.69) is 4.98 Å². The first-order valence-electron chi connectivity index (χ1n) is 4.10. The number of rotatable bonds is 1. The minimum absolute atomic E-state index is 0.526. The summed E-state index contributed by atoms with van der Waals surface area (Å²) in [5.41, 5.74) is -2.38. The van der Waals surface area contributed by atoms with Crippen LogP contribution in [0, 0.1) is 0 Å². The minimum Gasteiger partial charge on any atom is -0.252 e. The predicted molar refractivity (Wildman–Crippen MR) is 48.9 cm³/mol. The number of nitrogens with zero attached hydrogens (tertiary/aromatic N) is 1. The van der Waals surface area contributed by atoms with Crippen LogP contribution in [0.3, 0.4) is 0 Å². The fourth-order valence-corrected chi connectivity index (χ4v) is 2.70. The molecule has 0 saturated carbocycles. The van der Waals surface area contributed by atoms with Crippen LogP contribution >= 0.6 is 23.4 Å². The predicted octanol–water partition coefficient (Wildman–Crippen LogP) is 4.46. The Bertz CT molecular complexity index is 477. The summed E-state index contributed by atoms with van der Waals surface area (Å²) in [6, 6.07) is 0. The molecule has 0 aliphatic carbocycles. The van der Waals surface area contributed by atoms with E-state index in [0.29, 0.717) is 6.20 Å². The van der Waals surface area contributed by atoms with Gasteiger partial charge >= 0.3 is 11.2 Å². The Hall–Kier alpha value is -0.630. The van der Waals surface area contributed by atoms with Crippen LogP contribution in [0.2, 0.25) is 5.02 Å². The highest BCUT2D eigenvalue weighted by atomic mass is 35.5. The maximum Gasteiger partial charge on any atom is 0.366 e. The lowest BCUT2D eigenvalue weighted by Gasteiger charge is -2.16. The summed E-state index contributed by atoms with van der Waals surface area (Å²) in [6.45, 7) is 0. The van der Waals surface area contributed by atoms with E-state index in [-0.39, 0.29) is 0 Å². The number of aromatic nitrogens is 1. The molecule has 0 atom stereocenters. The first-order valence-corrected chi connectivity index (χ1v) is 5.29. The Labute approximate surface area is 100 Å². The van der Waals surface area contributed by atoms with Crippen molar-refractivity contribution in [2.75, 3.05) is 0 Å². The molecule has 0 saturated heterocycles. The number of thioether (sulfide) groups is 1. The Morgan fingerprint density at radius 2 is 1.82 bits per heavy atom. The summed E-state index contributed by atoms with van der Waals surface area (Å²) >= 11 is 4.70. The molecule has 0 aromatic carbocycles. The molecule has 17 heavy (non-hydrogen) atoms. The Morgan fingerprint density at radius 1 is 1.24 bits per heavy atom. The third-order valence-electron chi connectivity index (χ3n) is 2.14. The second-order valence-electron chi connectivity index (χ2n) is 3.19. The largest absolute Gasteiger partial charge is 0.366 e. The zero-order chi connectivity index (χ0) is 13.0. The quantitative estimate of drug-likeness (QED) is 0.709.